The smallest absolute Gasteiger partial charge is 0.220 e. The van der Waals surface area contributed by atoms with Gasteiger partial charge in [0.2, 0.25) is 5.91 Å². The first-order valence-electron chi connectivity index (χ1n) is 5.79. The molecule has 17 heavy (non-hydrogen) atoms. The van der Waals surface area contributed by atoms with Crippen LogP contribution in [0.15, 0.2) is 24.3 Å². The summed E-state index contributed by atoms with van der Waals surface area (Å²) in [6.07, 6.45) is 2.84. The molecule has 0 heterocycles. The second-order valence-electron chi connectivity index (χ2n) is 3.88. The summed E-state index contributed by atoms with van der Waals surface area (Å²) in [5, 5.41) is 2.81. The molecule has 1 aromatic carbocycles. The molecular formula is C13H17ClFNO. The predicted molar refractivity (Wildman–Crippen MR) is 67.7 cm³/mol. The van der Waals surface area contributed by atoms with Gasteiger partial charge in [-0.15, -0.1) is 11.6 Å². The van der Waals surface area contributed by atoms with E-state index in [-0.39, 0.29) is 11.7 Å². The van der Waals surface area contributed by atoms with E-state index < -0.39 is 0 Å². The summed E-state index contributed by atoms with van der Waals surface area (Å²) in [4.78, 5) is 11.3. The first-order valence-corrected chi connectivity index (χ1v) is 6.33. The molecule has 0 bridgehead atoms. The summed E-state index contributed by atoms with van der Waals surface area (Å²) in [5.41, 5.74) is 0.894. The van der Waals surface area contributed by atoms with Crippen molar-refractivity contribution < 1.29 is 9.18 Å². The lowest BCUT2D eigenvalue weighted by molar-refractivity contribution is -0.121. The molecule has 0 aliphatic rings. The average Bonchev–Trinajstić information content (AvgIpc) is 2.29. The third-order valence-corrected chi connectivity index (χ3v) is 2.68. The van der Waals surface area contributed by atoms with Crippen molar-refractivity contribution in [3.8, 4) is 0 Å². The van der Waals surface area contributed by atoms with Crippen LogP contribution in [0.2, 0.25) is 0 Å². The van der Waals surface area contributed by atoms with Gasteiger partial charge in [0.1, 0.15) is 5.82 Å². The Kier molecular flexibility index (Phi) is 6.63. The van der Waals surface area contributed by atoms with Crippen LogP contribution in [0.5, 0.6) is 0 Å². The van der Waals surface area contributed by atoms with Crippen LogP contribution in [0.4, 0.5) is 4.39 Å². The number of hydrogen-bond donors (Lipinski definition) is 1. The van der Waals surface area contributed by atoms with Gasteiger partial charge in [0.05, 0.1) is 0 Å². The Morgan fingerprint density at radius 3 is 2.88 bits per heavy atom. The van der Waals surface area contributed by atoms with Crippen molar-refractivity contribution in [1.29, 1.82) is 0 Å². The van der Waals surface area contributed by atoms with E-state index >= 15 is 0 Å². The van der Waals surface area contributed by atoms with Crippen LogP contribution in [0.3, 0.4) is 0 Å². The largest absolute Gasteiger partial charge is 0.356 e. The number of nitrogens with one attached hydrogen (secondary N) is 1. The van der Waals surface area contributed by atoms with Crippen LogP contribution in [0.1, 0.15) is 24.8 Å². The zero-order valence-electron chi connectivity index (χ0n) is 9.72. The predicted octanol–water partition coefficient (Wildman–Crippen LogP) is 2.89. The Morgan fingerprint density at radius 2 is 2.18 bits per heavy atom. The molecule has 1 N–H and O–H groups in total. The van der Waals surface area contributed by atoms with E-state index in [4.69, 9.17) is 11.6 Å². The van der Waals surface area contributed by atoms with Gasteiger partial charge in [-0.25, -0.2) is 4.39 Å². The van der Waals surface area contributed by atoms with Gasteiger partial charge >= 0.3 is 0 Å². The van der Waals surface area contributed by atoms with Crippen LogP contribution in [-0.2, 0) is 11.2 Å². The number of halogens is 2. The van der Waals surface area contributed by atoms with Gasteiger partial charge in [0.25, 0.3) is 0 Å². The fourth-order valence-corrected chi connectivity index (χ4v) is 1.70. The summed E-state index contributed by atoms with van der Waals surface area (Å²) in [5.74, 6) is 0.388. The number of alkyl halides is 1. The Morgan fingerprint density at radius 1 is 1.35 bits per heavy atom. The van der Waals surface area contributed by atoms with Gasteiger partial charge in [-0.05, 0) is 37.0 Å². The molecule has 0 aliphatic heterocycles. The van der Waals surface area contributed by atoms with E-state index in [9.17, 15) is 9.18 Å². The van der Waals surface area contributed by atoms with Gasteiger partial charge in [0, 0.05) is 18.8 Å². The van der Waals surface area contributed by atoms with Crippen LogP contribution in [0.25, 0.3) is 0 Å². The van der Waals surface area contributed by atoms with E-state index in [1.807, 2.05) is 6.07 Å². The first-order chi connectivity index (χ1) is 8.22. The minimum Gasteiger partial charge on any atom is -0.356 e. The summed E-state index contributed by atoms with van der Waals surface area (Å²) in [6, 6.07) is 6.42. The van der Waals surface area contributed by atoms with Crippen molar-refractivity contribution in [3.05, 3.63) is 35.6 Å². The topological polar surface area (TPSA) is 29.1 Å². The fraction of sp³-hybridized carbons (Fsp3) is 0.462. The number of benzene rings is 1. The number of hydrogen-bond acceptors (Lipinski definition) is 1. The molecule has 0 fully saturated rings. The van der Waals surface area contributed by atoms with Crippen molar-refractivity contribution >= 4 is 17.5 Å². The zero-order chi connectivity index (χ0) is 12.5. The van der Waals surface area contributed by atoms with Crippen LogP contribution < -0.4 is 5.32 Å². The second-order valence-corrected chi connectivity index (χ2v) is 4.25. The Labute approximate surface area is 106 Å². The zero-order valence-corrected chi connectivity index (χ0v) is 10.5. The summed E-state index contributed by atoms with van der Waals surface area (Å²) >= 11 is 5.52. The molecule has 0 saturated carbocycles. The summed E-state index contributed by atoms with van der Waals surface area (Å²) < 4.78 is 12.9. The number of rotatable bonds is 7. The number of unbranched alkanes of at least 4 members (excludes halogenated alkanes) is 1. The number of carbonyl (C=O) groups excluding carboxylic acids is 1. The third-order valence-electron chi connectivity index (χ3n) is 2.41. The molecule has 1 rings (SSSR count). The molecular weight excluding hydrogens is 241 g/mol. The Hall–Kier alpha value is -1.09. The average molecular weight is 258 g/mol. The highest BCUT2D eigenvalue weighted by Gasteiger charge is 2.01. The maximum absolute atomic E-state index is 12.9. The van der Waals surface area contributed by atoms with Crippen molar-refractivity contribution in [2.45, 2.75) is 25.7 Å². The lowest BCUT2D eigenvalue weighted by Crippen LogP contribution is -2.25. The summed E-state index contributed by atoms with van der Waals surface area (Å²) in [6.45, 7) is 0.545. The lowest BCUT2D eigenvalue weighted by atomic mass is 10.1. The molecule has 0 unspecified atom stereocenters. The molecule has 0 aliphatic carbocycles. The van der Waals surface area contributed by atoms with E-state index in [2.05, 4.69) is 5.32 Å². The molecule has 4 heteroatoms. The number of amides is 1. The molecule has 0 radical (unpaired) electrons. The highest BCUT2D eigenvalue weighted by Crippen LogP contribution is 2.03. The molecule has 1 amide bonds. The second kappa shape index (κ2) is 8.07. The van der Waals surface area contributed by atoms with E-state index in [0.29, 0.717) is 25.3 Å². The molecule has 0 atom stereocenters. The molecule has 0 aromatic heterocycles. The Balaban J connectivity index is 2.17. The highest BCUT2D eigenvalue weighted by atomic mass is 35.5. The first kappa shape index (κ1) is 14.0. The quantitative estimate of drug-likeness (QED) is 0.591. The highest BCUT2D eigenvalue weighted by molar-refractivity contribution is 6.17. The van der Waals surface area contributed by atoms with E-state index in [1.165, 1.54) is 12.1 Å². The third kappa shape index (κ3) is 6.27. The van der Waals surface area contributed by atoms with Crippen LogP contribution >= 0.6 is 11.6 Å². The minimum absolute atomic E-state index is 0.0338. The number of carbonyl (C=O) groups is 1. The van der Waals surface area contributed by atoms with E-state index in [1.54, 1.807) is 6.07 Å². The van der Waals surface area contributed by atoms with Crippen molar-refractivity contribution in [2.75, 3.05) is 12.4 Å². The molecule has 0 saturated heterocycles. The molecule has 1 aromatic rings. The maximum Gasteiger partial charge on any atom is 0.220 e. The summed E-state index contributed by atoms with van der Waals surface area (Å²) in [7, 11) is 0. The van der Waals surface area contributed by atoms with Crippen LogP contribution in [0, 0.1) is 5.82 Å². The van der Waals surface area contributed by atoms with Gasteiger partial charge < -0.3 is 5.32 Å². The maximum atomic E-state index is 12.9. The van der Waals surface area contributed by atoms with Crippen LogP contribution in [-0.4, -0.2) is 18.3 Å². The fourth-order valence-electron chi connectivity index (χ4n) is 1.51. The monoisotopic (exact) mass is 257 g/mol. The molecule has 2 nitrogen and oxygen atoms in total. The van der Waals surface area contributed by atoms with Crippen molar-refractivity contribution in [1.82, 2.24) is 5.32 Å². The Bertz CT molecular complexity index is 357. The van der Waals surface area contributed by atoms with Gasteiger partial charge in [-0.1, -0.05) is 12.1 Å². The van der Waals surface area contributed by atoms with E-state index in [0.717, 1.165) is 18.4 Å². The standard InChI is InChI=1S/C13H17ClFNO/c14-8-2-1-6-13(17)16-9-7-11-4-3-5-12(15)10-11/h3-5,10H,1-2,6-9H2,(H,16,17). The minimum atomic E-state index is -0.240. The molecule has 0 spiro atoms. The van der Waals surface area contributed by atoms with Gasteiger partial charge in [0.15, 0.2) is 0 Å². The lowest BCUT2D eigenvalue weighted by Gasteiger charge is -2.05. The molecule has 94 valence electrons. The normalized spacial score (nSPS) is 10.2. The van der Waals surface area contributed by atoms with Crippen molar-refractivity contribution in [3.63, 3.8) is 0 Å². The van der Waals surface area contributed by atoms with Crippen molar-refractivity contribution in [2.24, 2.45) is 0 Å². The van der Waals surface area contributed by atoms with Gasteiger partial charge in [-0.3, -0.25) is 4.79 Å². The SMILES string of the molecule is O=C(CCCCCl)NCCc1cccc(F)c1. The van der Waals surface area contributed by atoms with Gasteiger partial charge in [-0.2, -0.15) is 0 Å².